The second kappa shape index (κ2) is 5.98. The van der Waals surface area contributed by atoms with Crippen LogP contribution in [-0.4, -0.2) is 35.0 Å². The first-order valence-corrected chi connectivity index (χ1v) is 6.87. The number of ketones is 1. The number of nitrogens with zero attached hydrogens (tertiary/aromatic N) is 1. The predicted molar refractivity (Wildman–Crippen MR) is 72.9 cm³/mol. The molecule has 0 atom stereocenters. The quantitative estimate of drug-likeness (QED) is 0.866. The zero-order valence-corrected chi connectivity index (χ0v) is 12.0. The van der Waals surface area contributed by atoms with Gasteiger partial charge in [0.05, 0.1) is 5.56 Å². The van der Waals surface area contributed by atoms with Crippen molar-refractivity contribution in [1.29, 1.82) is 0 Å². The van der Waals surface area contributed by atoms with Gasteiger partial charge < -0.3 is 10.0 Å². The molecule has 1 aliphatic rings. The van der Waals surface area contributed by atoms with E-state index in [-0.39, 0.29) is 11.5 Å². The van der Waals surface area contributed by atoms with Crippen molar-refractivity contribution in [2.45, 2.75) is 25.9 Å². The van der Waals surface area contributed by atoms with Crippen molar-refractivity contribution in [3.63, 3.8) is 0 Å². The first kappa shape index (κ1) is 16.3. The summed E-state index contributed by atoms with van der Waals surface area (Å²) in [7, 11) is 0. The van der Waals surface area contributed by atoms with Gasteiger partial charge in [-0.25, -0.2) is 4.79 Å². The molecule has 1 heterocycles. The maximum atomic E-state index is 12.7. The molecule has 1 aliphatic heterocycles. The monoisotopic (exact) mass is 315 g/mol. The highest BCUT2D eigenvalue weighted by molar-refractivity contribution is 5.95. The molecule has 0 aliphatic carbocycles. The highest BCUT2D eigenvalue weighted by Gasteiger charge is 2.32. The number of halogens is 3. The van der Waals surface area contributed by atoms with Crippen molar-refractivity contribution in [1.82, 2.24) is 4.90 Å². The molecule has 4 nitrogen and oxygen atoms in total. The molecule has 1 saturated heterocycles. The number of carboxylic acid groups (broad SMARTS) is 1. The lowest BCUT2D eigenvalue weighted by molar-refractivity contribution is -0.137. The van der Waals surface area contributed by atoms with E-state index < -0.39 is 23.6 Å². The third-order valence-corrected chi connectivity index (χ3v) is 3.87. The first-order valence-electron chi connectivity index (χ1n) is 6.87. The molecule has 1 aromatic carbocycles. The minimum atomic E-state index is -4.47. The van der Waals surface area contributed by atoms with Crippen LogP contribution in [0.1, 0.15) is 34.8 Å². The van der Waals surface area contributed by atoms with Gasteiger partial charge in [-0.3, -0.25) is 4.79 Å². The number of hydrogen-bond donors (Lipinski definition) is 1. The number of rotatable bonds is 4. The Morgan fingerprint density at radius 3 is 2.45 bits per heavy atom. The van der Waals surface area contributed by atoms with Gasteiger partial charge in [0.2, 0.25) is 0 Å². The molecular formula is C15H16F3NO3. The fraction of sp³-hybridized carbons (Fsp3) is 0.467. The molecule has 120 valence electrons. The standard InChI is InChI=1S/C15H16F3NO3/c1-9(20)13-6-12(15(16,17)18)5-4-11(13)3-2-10-7-19(8-10)14(21)22/h4-6,10H,2-3,7-8H2,1H3,(H,21,22). The Hall–Kier alpha value is -2.05. The Balaban J connectivity index is 2.05. The number of likely N-dealkylation sites (tertiary alicyclic amines) is 1. The van der Waals surface area contributed by atoms with Crippen LogP contribution < -0.4 is 0 Å². The largest absolute Gasteiger partial charge is 0.465 e. The Morgan fingerprint density at radius 1 is 1.32 bits per heavy atom. The molecule has 0 saturated carbocycles. The second-order valence-corrected chi connectivity index (χ2v) is 5.52. The Morgan fingerprint density at radius 2 is 1.95 bits per heavy atom. The van der Waals surface area contributed by atoms with Gasteiger partial charge in [-0.15, -0.1) is 0 Å². The summed E-state index contributed by atoms with van der Waals surface area (Å²) in [6, 6.07) is 3.21. The van der Waals surface area contributed by atoms with Crippen molar-refractivity contribution < 1.29 is 27.9 Å². The maximum absolute atomic E-state index is 12.7. The topological polar surface area (TPSA) is 57.6 Å². The number of alkyl halides is 3. The summed E-state index contributed by atoms with van der Waals surface area (Å²) in [5.41, 5.74) is -0.166. The Bertz CT molecular complexity index is 592. The molecule has 1 N–H and O–H groups in total. The number of amides is 1. The number of carbonyl (C=O) groups excluding carboxylic acids is 1. The van der Waals surface area contributed by atoms with E-state index in [9.17, 15) is 22.8 Å². The molecule has 1 aromatic rings. The summed E-state index contributed by atoms with van der Waals surface area (Å²) in [6.45, 7) is 2.12. The number of carbonyl (C=O) groups is 2. The van der Waals surface area contributed by atoms with Gasteiger partial charge in [-0.05, 0) is 43.4 Å². The fourth-order valence-corrected chi connectivity index (χ4v) is 2.57. The average Bonchev–Trinajstić information content (AvgIpc) is 2.35. The molecule has 0 aromatic heterocycles. The van der Waals surface area contributed by atoms with Crippen molar-refractivity contribution >= 4 is 11.9 Å². The lowest BCUT2D eigenvalue weighted by Gasteiger charge is -2.37. The summed E-state index contributed by atoms with van der Waals surface area (Å²) < 4.78 is 38.1. The molecule has 0 unspecified atom stereocenters. The normalized spacial score (nSPS) is 15.5. The van der Waals surface area contributed by atoms with Gasteiger partial charge >= 0.3 is 12.3 Å². The van der Waals surface area contributed by atoms with Crippen LogP contribution in [0, 0.1) is 5.92 Å². The Kier molecular flexibility index (Phi) is 4.44. The molecule has 22 heavy (non-hydrogen) atoms. The zero-order valence-electron chi connectivity index (χ0n) is 12.0. The molecule has 7 heteroatoms. The van der Waals surface area contributed by atoms with Gasteiger partial charge in [0.25, 0.3) is 0 Å². The summed E-state index contributed by atoms with van der Waals surface area (Å²) in [6.07, 6.45) is -4.32. The molecule has 2 rings (SSSR count). The highest BCUT2D eigenvalue weighted by Crippen LogP contribution is 2.31. The van der Waals surface area contributed by atoms with Crippen LogP contribution in [0.25, 0.3) is 0 Å². The number of Topliss-reactive ketones (excluding diaryl/α,β-unsaturated/α-hetero) is 1. The van der Waals surface area contributed by atoms with E-state index in [2.05, 4.69) is 0 Å². The van der Waals surface area contributed by atoms with E-state index in [0.29, 0.717) is 31.5 Å². The minimum Gasteiger partial charge on any atom is -0.465 e. The van der Waals surface area contributed by atoms with Crippen molar-refractivity contribution in [2.24, 2.45) is 5.92 Å². The summed E-state index contributed by atoms with van der Waals surface area (Å²) in [4.78, 5) is 23.5. The van der Waals surface area contributed by atoms with Gasteiger partial charge in [-0.2, -0.15) is 13.2 Å². The molecular weight excluding hydrogens is 299 g/mol. The SMILES string of the molecule is CC(=O)c1cc(C(F)(F)F)ccc1CCC1CN(C(=O)O)C1. The van der Waals surface area contributed by atoms with Gasteiger partial charge in [0.15, 0.2) is 5.78 Å². The van der Waals surface area contributed by atoms with Crippen LogP contribution >= 0.6 is 0 Å². The van der Waals surface area contributed by atoms with Crippen LogP contribution in [0.2, 0.25) is 0 Å². The van der Waals surface area contributed by atoms with E-state index in [1.54, 1.807) is 0 Å². The molecule has 1 amide bonds. The van der Waals surface area contributed by atoms with E-state index in [4.69, 9.17) is 5.11 Å². The summed E-state index contributed by atoms with van der Waals surface area (Å²) >= 11 is 0. The average molecular weight is 315 g/mol. The number of benzene rings is 1. The van der Waals surface area contributed by atoms with Crippen LogP contribution in [0.5, 0.6) is 0 Å². The zero-order chi connectivity index (χ0) is 16.5. The third kappa shape index (κ3) is 3.58. The van der Waals surface area contributed by atoms with Gasteiger partial charge in [0, 0.05) is 18.7 Å². The van der Waals surface area contributed by atoms with Crippen LogP contribution in [0.3, 0.4) is 0 Å². The van der Waals surface area contributed by atoms with Crippen molar-refractivity contribution in [2.75, 3.05) is 13.1 Å². The molecule has 0 bridgehead atoms. The van der Waals surface area contributed by atoms with Crippen molar-refractivity contribution in [3.8, 4) is 0 Å². The van der Waals surface area contributed by atoms with E-state index in [1.165, 1.54) is 17.9 Å². The van der Waals surface area contributed by atoms with E-state index in [0.717, 1.165) is 12.1 Å². The van der Waals surface area contributed by atoms with Gasteiger partial charge in [-0.1, -0.05) is 6.07 Å². The summed E-state index contributed by atoms with van der Waals surface area (Å²) in [5.74, 6) is -0.208. The lowest BCUT2D eigenvalue weighted by atomic mass is 9.90. The van der Waals surface area contributed by atoms with E-state index >= 15 is 0 Å². The fourth-order valence-electron chi connectivity index (χ4n) is 2.57. The smallest absolute Gasteiger partial charge is 0.416 e. The highest BCUT2D eigenvalue weighted by atomic mass is 19.4. The molecule has 1 fully saturated rings. The number of hydrogen-bond acceptors (Lipinski definition) is 2. The van der Waals surface area contributed by atoms with Gasteiger partial charge in [0.1, 0.15) is 0 Å². The Labute approximate surface area is 125 Å². The maximum Gasteiger partial charge on any atom is 0.416 e. The third-order valence-electron chi connectivity index (χ3n) is 3.87. The van der Waals surface area contributed by atoms with Crippen LogP contribution in [0.15, 0.2) is 18.2 Å². The first-order chi connectivity index (χ1) is 10.2. The molecule has 0 radical (unpaired) electrons. The predicted octanol–water partition coefficient (Wildman–Crippen LogP) is 3.45. The van der Waals surface area contributed by atoms with Crippen molar-refractivity contribution in [3.05, 3.63) is 34.9 Å². The second-order valence-electron chi connectivity index (χ2n) is 5.52. The lowest BCUT2D eigenvalue weighted by Crippen LogP contribution is -2.49. The minimum absolute atomic E-state index is 0.0873. The summed E-state index contributed by atoms with van der Waals surface area (Å²) in [5, 5.41) is 8.73. The van der Waals surface area contributed by atoms with Crippen LogP contribution in [-0.2, 0) is 12.6 Å². The molecule has 0 spiro atoms. The number of aryl methyl sites for hydroxylation is 1. The van der Waals surface area contributed by atoms with E-state index in [1.807, 2.05) is 0 Å². The van der Waals surface area contributed by atoms with Crippen LogP contribution in [0.4, 0.5) is 18.0 Å².